The molecule has 54 valence electrons. The highest BCUT2D eigenvalue weighted by Crippen LogP contribution is 2.06. The molecule has 0 N–H and O–H groups in total. The zero-order valence-electron chi connectivity index (χ0n) is 5.51. The van der Waals surface area contributed by atoms with Gasteiger partial charge in [0.2, 0.25) is 0 Å². The smallest absolute Gasteiger partial charge is 0.151 e. The maximum Gasteiger partial charge on any atom is 0.151 e. The minimum Gasteiger partial charge on any atom is -0.360 e. The lowest BCUT2D eigenvalue weighted by atomic mass is 10.3. The lowest BCUT2D eigenvalue weighted by molar-refractivity contribution is 0.389. The first-order chi connectivity index (χ1) is 4.86. The average molecular weight is 158 g/mol. The Morgan fingerprint density at radius 2 is 2.60 bits per heavy atom. The molecule has 0 unspecified atom stereocenters. The Morgan fingerprint density at radius 3 is 3.10 bits per heavy atom. The zero-order chi connectivity index (χ0) is 7.40. The van der Waals surface area contributed by atoms with Crippen molar-refractivity contribution in [2.24, 2.45) is 0 Å². The fourth-order valence-corrected chi connectivity index (χ4v) is 0.789. The van der Waals surface area contributed by atoms with E-state index < -0.39 is 0 Å². The van der Waals surface area contributed by atoms with Gasteiger partial charge in [0.1, 0.15) is 0 Å². The number of hydrogen-bond donors (Lipinski definition) is 0. The van der Waals surface area contributed by atoms with Crippen molar-refractivity contribution in [2.45, 2.75) is 12.3 Å². The Labute approximate surface area is 64.5 Å². The largest absolute Gasteiger partial charge is 0.360 e. The van der Waals surface area contributed by atoms with Crippen molar-refractivity contribution in [2.75, 3.05) is 0 Å². The number of rotatable bonds is 3. The van der Waals surface area contributed by atoms with Crippen LogP contribution < -0.4 is 0 Å². The average Bonchev–Trinajstić information content (AvgIpc) is 2.37. The first-order valence-corrected chi connectivity index (χ1v) is 3.51. The summed E-state index contributed by atoms with van der Waals surface area (Å²) in [6.07, 6.45) is 2.51. The van der Waals surface area contributed by atoms with Crippen molar-refractivity contribution >= 4 is 11.6 Å². The van der Waals surface area contributed by atoms with E-state index in [-0.39, 0.29) is 0 Å². The second-order valence-electron chi connectivity index (χ2n) is 1.91. The molecule has 0 saturated heterocycles. The molecule has 0 aromatic carbocycles. The van der Waals surface area contributed by atoms with Gasteiger partial charge in [-0.25, -0.2) is 0 Å². The van der Waals surface area contributed by atoms with Crippen LogP contribution >= 0.6 is 11.6 Å². The third-order valence-electron chi connectivity index (χ3n) is 1.09. The molecule has 0 spiro atoms. The highest BCUT2D eigenvalue weighted by molar-refractivity contribution is 6.16. The van der Waals surface area contributed by atoms with Crippen LogP contribution in [0.4, 0.5) is 0 Å². The number of allylic oxidation sites excluding steroid dienone is 1. The maximum absolute atomic E-state index is 5.48. The standard InChI is InChI=1S/C7H8ClNO/c1-2-3-6-4-7(5-8)10-9-6/h2,4H,1,3,5H2. The Balaban J connectivity index is 2.67. The number of hydrogen-bond acceptors (Lipinski definition) is 2. The van der Waals surface area contributed by atoms with Crippen molar-refractivity contribution in [3.63, 3.8) is 0 Å². The van der Waals surface area contributed by atoms with E-state index in [2.05, 4.69) is 11.7 Å². The first kappa shape index (κ1) is 7.35. The number of halogens is 1. The van der Waals surface area contributed by atoms with Crippen LogP contribution in [0.1, 0.15) is 11.5 Å². The molecular weight excluding hydrogens is 150 g/mol. The van der Waals surface area contributed by atoms with Gasteiger partial charge in [-0.1, -0.05) is 11.2 Å². The summed E-state index contributed by atoms with van der Waals surface area (Å²) >= 11 is 5.48. The van der Waals surface area contributed by atoms with Crippen LogP contribution in [0.3, 0.4) is 0 Å². The van der Waals surface area contributed by atoms with E-state index >= 15 is 0 Å². The van der Waals surface area contributed by atoms with Gasteiger partial charge in [-0.2, -0.15) is 0 Å². The predicted octanol–water partition coefficient (Wildman–Crippen LogP) is 2.14. The summed E-state index contributed by atoms with van der Waals surface area (Å²) in [6, 6.07) is 1.83. The molecule has 0 aliphatic carbocycles. The van der Waals surface area contributed by atoms with Crippen LogP contribution in [0.15, 0.2) is 23.2 Å². The van der Waals surface area contributed by atoms with E-state index in [9.17, 15) is 0 Å². The van der Waals surface area contributed by atoms with Gasteiger partial charge in [0.05, 0.1) is 11.6 Å². The third kappa shape index (κ3) is 1.61. The molecule has 0 saturated carbocycles. The Morgan fingerprint density at radius 1 is 1.80 bits per heavy atom. The molecule has 0 amide bonds. The van der Waals surface area contributed by atoms with Gasteiger partial charge in [0.25, 0.3) is 0 Å². The van der Waals surface area contributed by atoms with E-state index in [0.717, 1.165) is 12.1 Å². The molecule has 0 fully saturated rings. The van der Waals surface area contributed by atoms with Gasteiger partial charge in [-0.05, 0) is 0 Å². The highest BCUT2D eigenvalue weighted by atomic mass is 35.5. The molecular formula is C7H8ClNO. The molecule has 0 aliphatic heterocycles. The van der Waals surface area contributed by atoms with Gasteiger partial charge in [0, 0.05) is 12.5 Å². The van der Waals surface area contributed by atoms with E-state index in [0.29, 0.717) is 11.6 Å². The summed E-state index contributed by atoms with van der Waals surface area (Å²) in [5.41, 5.74) is 0.880. The number of nitrogens with zero attached hydrogens (tertiary/aromatic N) is 1. The second kappa shape index (κ2) is 3.42. The van der Waals surface area contributed by atoms with Gasteiger partial charge >= 0.3 is 0 Å². The minimum absolute atomic E-state index is 0.379. The van der Waals surface area contributed by atoms with Crippen LogP contribution in [0.2, 0.25) is 0 Å². The third-order valence-corrected chi connectivity index (χ3v) is 1.36. The van der Waals surface area contributed by atoms with Gasteiger partial charge < -0.3 is 4.52 Å². The zero-order valence-corrected chi connectivity index (χ0v) is 6.27. The Bertz CT molecular complexity index is 219. The Hall–Kier alpha value is -0.760. The van der Waals surface area contributed by atoms with E-state index in [4.69, 9.17) is 16.1 Å². The summed E-state index contributed by atoms with van der Waals surface area (Å²) in [6.45, 7) is 3.58. The SMILES string of the molecule is C=CCc1cc(CCl)on1. The highest BCUT2D eigenvalue weighted by Gasteiger charge is 1.99. The molecule has 0 bridgehead atoms. The summed E-state index contributed by atoms with van der Waals surface area (Å²) in [5.74, 6) is 1.09. The molecule has 10 heavy (non-hydrogen) atoms. The normalized spacial score (nSPS) is 9.70. The predicted molar refractivity (Wildman–Crippen MR) is 40.0 cm³/mol. The summed E-state index contributed by atoms with van der Waals surface area (Å²) in [7, 11) is 0. The fourth-order valence-electron chi connectivity index (χ4n) is 0.663. The van der Waals surface area contributed by atoms with Crippen LogP contribution in [-0.4, -0.2) is 5.16 Å². The second-order valence-corrected chi connectivity index (χ2v) is 2.18. The molecule has 2 nitrogen and oxygen atoms in total. The van der Waals surface area contributed by atoms with E-state index in [1.165, 1.54) is 0 Å². The van der Waals surface area contributed by atoms with Gasteiger partial charge in [0.15, 0.2) is 5.76 Å². The molecule has 1 rings (SSSR count). The van der Waals surface area contributed by atoms with Crippen molar-refractivity contribution in [3.05, 3.63) is 30.2 Å². The molecule has 1 heterocycles. The van der Waals surface area contributed by atoms with Gasteiger partial charge in [-0.3, -0.25) is 0 Å². The molecule has 0 atom stereocenters. The quantitative estimate of drug-likeness (QED) is 0.496. The molecule has 3 heteroatoms. The van der Waals surface area contributed by atoms with Crippen LogP contribution in [0.5, 0.6) is 0 Å². The van der Waals surface area contributed by atoms with Crippen LogP contribution in [-0.2, 0) is 12.3 Å². The topological polar surface area (TPSA) is 26.0 Å². The Kier molecular flexibility index (Phi) is 2.51. The van der Waals surface area contributed by atoms with Gasteiger partial charge in [-0.15, -0.1) is 18.2 Å². The van der Waals surface area contributed by atoms with Crippen molar-refractivity contribution in [3.8, 4) is 0 Å². The van der Waals surface area contributed by atoms with Crippen LogP contribution in [0, 0.1) is 0 Å². The molecule has 0 radical (unpaired) electrons. The van der Waals surface area contributed by atoms with Crippen LogP contribution in [0.25, 0.3) is 0 Å². The lowest BCUT2D eigenvalue weighted by Crippen LogP contribution is -1.76. The summed E-state index contributed by atoms with van der Waals surface area (Å²) < 4.78 is 4.84. The minimum atomic E-state index is 0.379. The summed E-state index contributed by atoms with van der Waals surface area (Å²) in [4.78, 5) is 0. The van der Waals surface area contributed by atoms with Crippen molar-refractivity contribution in [1.29, 1.82) is 0 Å². The molecule has 1 aromatic heterocycles. The summed E-state index contributed by atoms with van der Waals surface area (Å²) in [5, 5.41) is 3.75. The number of aromatic nitrogens is 1. The van der Waals surface area contributed by atoms with E-state index in [1.54, 1.807) is 6.08 Å². The fraction of sp³-hybridized carbons (Fsp3) is 0.286. The monoisotopic (exact) mass is 157 g/mol. The number of alkyl halides is 1. The molecule has 0 aliphatic rings. The van der Waals surface area contributed by atoms with Crippen molar-refractivity contribution < 1.29 is 4.52 Å². The molecule has 1 aromatic rings. The lowest BCUT2D eigenvalue weighted by Gasteiger charge is -1.78. The maximum atomic E-state index is 5.48. The van der Waals surface area contributed by atoms with Crippen molar-refractivity contribution in [1.82, 2.24) is 5.16 Å². The van der Waals surface area contributed by atoms with E-state index in [1.807, 2.05) is 6.07 Å². The first-order valence-electron chi connectivity index (χ1n) is 2.98.